The largest absolute Gasteiger partial charge is 0.454 e. The van der Waals surface area contributed by atoms with Gasteiger partial charge >= 0.3 is 0 Å². The molecule has 1 fully saturated rings. The zero-order valence-corrected chi connectivity index (χ0v) is 16.3. The average molecular weight is 400 g/mol. The van der Waals surface area contributed by atoms with Crippen LogP contribution in [0.4, 0.5) is 0 Å². The number of nitrogens with zero attached hydrogens (tertiary/aromatic N) is 3. The van der Waals surface area contributed by atoms with E-state index in [1.54, 1.807) is 19.1 Å². The Bertz CT molecular complexity index is 917. The minimum atomic E-state index is -0.753. The number of benzene rings is 1. The number of nitrogens with one attached hydrogen (secondary N) is 1. The van der Waals surface area contributed by atoms with Gasteiger partial charge in [0.05, 0.1) is 11.3 Å². The Kier molecular flexibility index (Phi) is 5.13. The number of ether oxygens (including phenoxy) is 2. The summed E-state index contributed by atoms with van der Waals surface area (Å²) in [7, 11) is 0. The summed E-state index contributed by atoms with van der Waals surface area (Å²) in [5, 5.41) is 20.4. The second-order valence-corrected chi connectivity index (χ2v) is 8.24. The first kappa shape index (κ1) is 18.6. The van der Waals surface area contributed by atoms with Gasteiger partial charge in [0.15, 0.2) is 11.5 Å². The third-order valence-corrected chi connectivity index (χ3v) is 5.89. The van der Waals surface area contributed by atoms with E-state index in [1.807, 2.05) is 6.07 Å². The van der Waals surface area contributed by atoms with Crippen LogP contribution >= 0.6 is 11.8 Å². The van der Waals surface area contributed by atoms with Gasteiger partial charge in [-0.1, -0.05) is 31.0 Å². The second kappa shape index (κ2) is 7.72. The molecular formula is C19H20N4O4S. The van der Waals surface area contributed by atoms with Crippen LogP contribution in [0.25, 0.3) is 11.5 Å². The first-order valence-corrected chi connectivity index (χ1v) is 10.1. The fourth-order valence-electron chi connectivity index (χ4n) is 3.37. The molecular weight excluding hydrogens is 380 g/mol. The number of fused-ring (bicyclic) bond motifs is 1. The lowest BCUT2D eigenvalue weighted by Gasteiger charge is -2.32. The van der Waals surface area contributed by atoms with Gasteiger partial charge in [-0.2, -0.15) is 5.26 Å². The SMILES string of the molecule is C[C@@H](Sc1nnc(-c2ccc3c(c2)OCO3)o1)C(=O)NC1(C#N)CCCCC1. The second-order valence-electron chi connectivity index (χ2n) is 6.95. The van der Waals surface area contributed by atoms with Crippen molar-refractivity contribution in [3.63, 3.8) is 0 Å². The van der Waals surface area contributed by atoms with Crippen molar-refractivity contribution in [2.75, 3.05) is 6.79 Å². The zero-order chi connectivity index (χ0) is 19.6. The van der Waals surface area contributed by atoms with Crippen LogP contribution < -0.4 is 14.8 Å². The summed E-state index contributed by atoms with van der Waals surface area (Å²) in [6, 6.07) is 7.68. The topological polar surface area (TPSA) is 110 Å². The van der Waals surface area contributed by atoms with E-state index in [9.17, 15) is 10.1 Å². The molecule has 1 aromatic heterocycles. The van der Waals surface area contributed by atoms with Crippen LogP contribution in [0.3, 0.4) is 0 Å². The van der Waals surface area contributed by atoms with E-state index in [0.29, 0.717) is 41.0 Å². The molecule has 1 N–H and O–H groups in total. The van der Waals surface area contributed by atoms with Gasteiger partial charge in [-0.25, -0.2) is 0 Å². The van der Waals surface area contributed by atoms with Gasteiger partial charge in [0.25, 0.3) is 5.22 Å². The molecule has 0 bridgehead atoms. The number of carbonyl (C=O) groups is 1. The molecule has 28 heavy (non-hydrogen) atoms. The van der Waals surface area contributed by atoms with Crippen LogP contribution in [0.5, 0.6) is 11.5 Å². The molecule has 0 spiro atoms. The smallest absolute Gasteiger partial charge is 0.277 e. The zero-order valence-electron chi connectivity index (χ0n) is 15.4. The third-order valence-electron chi connectivity index (χ3n) is 4.96. The summed E-state index contributed by atoms with van der Waals surface area (Å²) < 4.78 is 16.3. The summed E-state index contributed by atoms with van der Waals surface area (Å²) in [6.45, 7) is 1.96. The first-order chi connectivity index (χ1) is 13.6. The Balaban J connectivity index is 1.40. The van der Waals surface area contributed by atoms with Gasteiger partial charge in [-0.05, 0) is 38.0 Å². The highest BCUT2D eigenvalue weighted by Crippen LogP contribution is 2.36. The number of hydrogen-bond acceptors (Lipinski definition) is 8. The summed E-state index contributed by atoms with van der Waals surface area (Å²) in [6.07, 6.45) is 4.41. The lowest BCUT2D eigenvalue weighted by Crippen LogP contribution is -2.50. The van der Waals surface area contributed by atoms with Crippen LogP contribution in [0.2, 0.25) is 0 Å². The molecule has 0 unspecified atom stereocenters. The van der Waals surface area contributed by atoms with Crippen molar-refractivity contribution in [1.29, 1.82) is 5.26 Å². The summed E-state index contributed by atoms with van der Waals surface area (Å²) in [5.41, 5.74) is -0.0391. The Morgan fingerprint density at radius 1 is 1.25 bits per heavy atom. The van der Waals surface area contributed by atoms with E-state index in [4.69, 9.17) is 13.9 Å². The van der Waals surface area contributed by atoms with Crippen molar-refractivity contribution >= 4 is 17.7 Å². The molecule has 146 valence electrons. The van der Waals surface area contributed by atoms with Crippen molar-refractivity contribution in [1.82, 2.24) is 15.5 Å². The standard InChI is InChI=1S/C19H20N4O4S/c1-12(16(24)21-19(10-20)7-3-2-4-8-19)28-18-23-22-17(27-18)13-5-6-14-15(9-13)26-11-25-14/h5-6,9,12H,2-4,7-8,11H2,1H3,(H,21,24)/t12-/m1/s1. The number of hydrogen-bond donors (Lipinski definition) is 1. The van der Waals surface area contributed by atoms with Gasteiger partial charge in [-0.3, -0.25) is 4.79 Å². The molecule has 1 aromatic carbocycles. The number of thioether (sulfide) groups is 1. The van der Waals surface area contributed by atoms with E-state index < -0.39 is 10.8 Å². The summed E-state index contributed by atoms with van der Waals surface area (Å²) >= 11 is 1.17. The lowest BCUT2D eigenvalue weighted by molar-refractivity contribution is -0.122. The number of aromatic nitrogens is 2. The highest BCUT2D eigenvalue weighted by atomic mass is 32.2. The van der Waals surface area contributed by atoms with E-state index in [1.165, 1.54) is 11.8 Å². The Morgan fingerprint density at radius 2 is 2.04 bits per heavy atom. The predicted octanol–water partition coefficient (Wildman–Crippen LogP) is 3.29. The summed E-state index contributed by atoms with van der Waals surface area (Å²) in [4.78, 5) is 12.6. The highest BCUT2D eigenvalue weighted by Gasteiger charge is 2.35. The fourth-order valence-corrected chi connectivity index (χ4v) is 4.05. The van der Waals surface area contributed by atoms with E-state index >= 15 is 0 Å². The molecule has 0 saturated heterocycles. The van der Waals surface area contributed by atoms with Crippen LogP contribution in [0.1, 0.15) is 39.0 Å². The quantitative estimate of drug-likeness (QED) is 0.761. The number of carbonyl (C=O) groups excluding carboxylic acids is 1. The van der Waals surface area contributed by atoms with Crippen molar-refractivity contribution in [2.45, 2.75) is 55.0 Å². The Labute approximate surface area is 166 Å². The molecule has 0 radical (unpaired) electrons. The van der Waals surface area contributed by atoms with Crippen molar-refractivity contribution < 1.29 is 18.7 Å². The lowest BCUT2D eigenvalue weighted by atomic mass is 9.83. The number of nitriles is 1. The minimum absolute atomic E-state index is 0.195. The van der Waals surface area contributed by atoms with Gasteiger partial charge in [0.2, 0.25) is 18.6 Å². The molecule has 1 aliphatic heterocycles. The molecule has 8 nitrogen and oxygen atoms in total. The van der Waals surface area contributed by atoms with E-state index in [2.05, 4.69) is 21.6 Å². The van der Waals surface area contributed by atoms with E-state index in [-0.39, 0.29) is 12.7 Å². The van der Waals surface area contributed by atoms with Crippen molar-refractivity contribution in [2.24, 2.45) is 0 Å². The molecule has 1 aliphatic carbocycles. The molecule has 1 atom stereocenters. The molecule has 1 amide bonds. The first-order valence-electron chi connectivity index (χ1n) is 9.22. The molecule has 9 heteroatoms. The maximum Gasteiger partial charge on any atom is 0.277 e. The van der Waals surface area contributed by atoms with E-state index in [0.717, 1.165) is 19.3 Å². The Hall–Kier alpha value is -2.73. The molecule has 2 aromatic rings. The van der Waals surface area contributed by atoms with Crippen LogP contribution in [-0.2, 0) is 4.79 Å². The molecule has 4 rings (SSSR count). The third kappa shape index (κ3) is 3.78. The number of rotatable bonds is 5. The normalized spacial score (nSPS) is 18.3. The summed E-state index contributed by atoms with van der Waals surface area (Å²) in [5.74, 6) is 1.45. The van der Waals surface area contributed by atoms with Crippen LogP contribution in [0.15, 0.2) is 27.8 Å². The Morgan fingerprint density at radius 3 is 2.82 bits per heavy atom. The van der Waals surface area contributed by atoms with Crippen LogP contribution in [0, 0.1) is 11.3 Å². The number of amides is 1. The van der Waals surface area contributed by atoms with Gasteiger partial charge < -0.3 is 19.2 Å². The van der Waals surface area contributed by atoms with Crippen molar-refractivity contribution in [3.8, 4) is 29.0 Å². The maximum atomic E-state index is 12.6. The van der Waals surface area contributed by atoms with Gasteiger partial charge in [-0.15, -0.1) is 10.2 Å². The van der Waals surface area contributed by atoms with Gasteiger partial charge in [0, 0.05) is 5.56 Å². The maximum absolute atomic E-state index is 12.6. The predicted molar refractivity (Wildman–Crippen MR) is 101 cm³/mol. The molecule has 1 saturated carbocycles. The van der Waals surface area contributed by atoms with Crippen LogP contribution in [-0.4, -0.2) is 33.7 Å². The molecule has 2 heterocycles. The minimum Gasteiger partial charge on any atom is -0.454 e. The van der Waals surface area contributed by atoms with Gasteiger partial charge in [0.1, 0.15) is 5.54 Å². The highest BCUT2D eigenvalue weighted by molar-refractivity contribution is 8.00. The molecule has 2 aliphatic rings. The monoisotopic (exact) mass is 400 g/mol. The fraction of sp³-hybridized carbons (Fsp3) is 0.474. The average Bonchev–Trinajstić information content (AvgIpc) is 3.37. The van der Waals surface area contributed by atoms with Crippen molar-refractivity contribution in [3.05, 3.63) is 18.2 Å².